The Balaban J connectivity index is 0.00000288. The molecule has 0 amide bonds. The third-order valence-corrected chi connectivity index (χ3v) is 3.33. The van der Waals surface area contributed by atoms with E-state index in [-0.39, 0.29) is 26.5 Å². The van der Waals surface area contributed by atoms with Gasteiger partial charge in [-0.05, 0) is 48.4 Å². The van der Waals surface area contributed by atoms with Gasteiger partial charge in [-0.2, -0.15) is 0 Å². The van der Waals surface area contributed by atoms with Crippen molar-refractivity contribution in [2.75, 3.05) is 31.2 Å². The van der Waals surface area contributed by atoms with E-state index < -0.39 is 0 Å². The number of anilines is 1. The summed E-state index contributed by atoms with van der Waals surface area (Å²) >= 11 is 0. The maximum atomic E-state index is 11.8. The molecule has 2 N–H and O–H groups in total. The Labute approximate surface area is 142 Å². The quantitative estimate of drug-likeness (QED) is 0.462. The molecule has 130 valence electrons. The number of aryl methyl sites for hydroxylation is 1. The van der Waals surface area contributed by atoms with Crippen molar-refractivity contribution in [3.05, 3.63) is 53.4 Å². The average Bonchev–Trinajstić information content (AvgIpc) is 2.56. The number of aliphatic hydroxyl groups is 2. The molecule has 0 unspecified atom stereocenters. The molecule has 1 heterocycles. The zero-order valence-corrected chi connectivity index (χ0v) is 13.0. The number of aliphatic hydroxyl groups excluding tert-OH is 2. The van der Waals surface area contributed by atoms with Crippen LogP contribution < -0.4 is 9.63 Å². The van der Waals surface area contributed by atoms with E-state index in [4.69, 9.17) is 10.2 Å². The third-order valence-electron chi connectivity index (χ3n) is 3.33. The van der Waals surface area contributed by atoms with Gasteiger partial charge in [0.1, 0.15) is 11.4 Å². The smallest absolute Gasteiger partial charge is 0.353 e. The first kappa shape index (κ1) is 19.5. The predicted molar refractivity (Wildman–Crippen MR) is 93.9 cm³/mol. The molecular formula is C17H24N4O3. The molecule has 2 rings (SSSR count). The van der Waals surface area contributed by atoms with Crippen LogP contribution in [-0.4, -0.2) is 36.5 Å². The first-order valence-electron chi connectivity index (χ1n) is 7.33. The fourth-order valence-corrected chi connectivity index (χ4v) is 2.11. The largest absolute Gasteiger partial charge is 0.710 e. The average molecular weight is 332 g/mol. The summed E-state index contributed by atoms with van der Waals surface area (Å²) in [6, 6.07) is 12.3. The molecule has 0 aliphatic heterocycles. The first-order chi connectivity index (χ1) is 11.2. The lowest BCUT2D eigenvalue weighted by atomic mass is 10.2. The Hall–Kier alpha value is -2.51. The Morgan fingerprint density at radius 3 is 2.21 bits per heavy atom. The highest BCUT2D eigenvalue weighted by atomic mass is 16.5. The lowest BCUT2D eigenvalue weighted by Gasteiger charge is -2.22. The molecule has 0 radical (unpaired) electrons. The van der Waals surface area contributed by atoms with Crippen molar-refractivity contribution in [2.24, 2.45) is 10.2 Å². The monoisotopic (exact) mass is 332 g/mol. The minimum absolute atomic E-state index is 0. The number of hydrogen-bond donors (Lipinski definition) is 2. The van der Waals surface area contributed by atoms with E-state index in [1.165, 1.54) is 0 Å². The first-order valence-corrected chi connectivity index (χ1v) is 7.33. The molecule has 0 fully saturated rings. The number of benzene rings is 1. The van der Waals surface area contributed by atoms with E-state index in [1.54, 1.807) is 37.3 Å². The van der Waals surface area contributed by atoms with Gasteiger partial charge in [-0.15, -0.1) is 0 Å². The van der Waals surface area contributed by atoms with Crippen LogP contribution in [0.4, 0.5) is 17.2 Å². The van der Waals surface area contributed by atoms with E-state index in [0.717, 1.165) is 10.4 Å². The molecule has 0 aliphatic rings. The van der Waals surface area contributed by atoms with Crippen molar-refractivity contribution in [1.29, 1.82) is 0 Å². The lowest BCUT2D eigenvalue weighted by molar-refractivity contribution is -0.598. The van der Waals surface area contributed by atoms with Crippen LogP contribution in [0.1, 0.15) is 13.1 Å². The molecule has 1 aromatic carbocycles. The van der Waals surface area contributed by atoms with Gasteiger partial charge in [0, 0.05) is 24.8 Å². The van der Waals surface area contributed by atoms with Crippen LogP contribution in [0.15, 0.2) is 52.7 Å². The minimum atomic E-state index is 0. The summed E-state index contributed by atoms with van der Waals surface area (Å²) in [6.07, 6.45) is 0. The summed E-state index contributed by atoms with van der Waals surface area (Å²) < 4.78 is 0.724. The van der Waals surface area contributed by atoms with Gasteiger partial charge in [-0.1, -0.05) is 7.43 Å². The fourth-order valence-electron chi connectivity index (χ4n) is 2.11. The number of aromatic nitrogens is 1. The standard InChI is InChI=1S/C16H20N4O3.CH4/c1-13-3-2-4-16(20(13)23)18-17-14-5-7-15(8-6-14)19(9-11-21)10-12-22;/h2-8,21-22H,9-12H2,1H3;1H4. The van der Waals surface area contributed by atoms with E-state index in [1.807, 2.05) is 17.0 Å². The van der Waals surface area contributed by atoms with Crippen molar-refractivity contribution in [3.63, 3.8) is 0 Å². The van der Waals surface area contributed by atoms with Gasteiger partial charge < -0.3 is 20.3 Å². The van der Waals surface area contributed by atoms with Crippen LogP contribution in [-0.2, 0) is 0 Å². The van der Waals surface area contributed by atoms with E-state index in [9.17, 15) is 5.21 Å². The Morgan fingerprint density at radius 1 is 1.00 bits per heavy atom. The second-order valence-corrected chi connectivity index (χ2v) is 4.97. The topological polar surface area (TPSA) is 95.4 Å². The van der Waals surface area contributed by atoms with Gasteiger partial charge in [0.15, 0.2) is 0 Å². The molecule has 7 nitrogen and oxygen atoms in total. The number of azo groups is 1. The number of nitrogens with zero attached hydrogens (tertiary/aromatic N) is 4. The van der Waals surface area contributed by atoms with Gasteiger partial charge >= 0.3 is 5.82 Å². The van der Waals surface area contributed by atoms with Crippen LogP contribution in [0.3, 0.4) is 0 Å². The van der Waals surface area contributed by atoms with Crippen molar-refractivity contribution in [1.82, 2.24) is 0 Å². The predicted octanol–water partition coefficient (Wildman–Crippen LogP) is 2.47. The number of hydrogen-bond acceptors (Lipinski definition) is 6. The molecule has 0 spiro atoms. The third kappa shape index (κ3) is 5.00. The van der Waals surface area contributed by atoms with Gasteiger partial charge in [0.25, 0.3) is 0 Å². The molecular weight excluding hydrogens is 308 g/mol. The Morgan fingerprint density at radius 2 is 1.62 bits per heavy atom. The van der Waals surface area contributed by atoms with Crippen LogP contribution in [0.2, 0.25) is 0 Å². The maximum Gasteiger partial charge on any atom is 0.353 e. The summed E-state index contributed by atoms with van der Waals surface area (Å²) in [5, 5.41) is 37.9. The van der Waals surface area contributed by atoms with Crippen LogP contribution >= 0.6 is 0 Å². The molecule has 0 saturated heterocycles. The summed E-state index contributed by atoms with van der Waals surface area (Å²) in [7, 11) is 0. The molecule has 0 bridgehead atoms. The highest BCUT2D eigenvalue weighted by Gasteiger charge is 2.07. The van der Waals surface area contributed by atoms with Gasteiger partial charge in [0.05, 0.1) is 18.3 Å². The van der Waals surface area contributed by atoms with Gasteiger partial charge in [-0.25, -0.2) is 4.73 Å². The SMILES string of the molecule is C.Cc1cccc(N=Nc2ccc(N(CCO)CCO)cc2)[n+]1[O-]. The Kier molecular flexibility index (Phi) is 7.81. The normalized spacial score (nSPS) is 10.6. The summed E-state index contributed by atoms with van der Waals surface area (Å²) in [6.45, 7) is 2.62. The second-order valence-electron chi connectivity index (χ2n) is 4.97. The molecule has 1 aromatic heterocycles. The lowest BCUT2D eigenvalue weighted by Crippen LogP contribution is -2.29. The molecule has 0 saturated carbocycles. The molecule has 0 aliphatic carbocycles. The van der Waals surface area contributed by atoms with Crippen LogP contribution in [0, 0.1) is 12.1 Å². The van der Waals surface area contributed by atoms with Crippen molar-refractivity contribution in [2.45, 2.75) is 14.4 Å². The summed E-state index contributed by atoms with van der Waals surface area (Å²) in [4.78, 5) is 1.87. The van der Waals surface area contributed by atoms with Gasteiger partial charge in [0.2, 0.25) is 0 Å². The molecule has 7 heteroatoms. The summed E-state index contributed by atoms with van der Waals surface area (Å²) in [5.41, 5.74) is 2.05. The van der Waals surface area contributed by atoms with Gasteiger partial charge in [-0.3, -0.25) is 0 Å². The highest BCUT2D eigenvalue weighted by Crippen LogP contribution is 2.21. The fraction of sp³-hybridized carbons (Fsp3) is 0.353. The van der Waals surface area contributed by atoms with E-state index in [2.05, 4.69) is 10.2 Å². The van der Waals surface area contributed by atoms with E-state index in [0.29, 0.717) is 24.5 Å². The maximum absolute atomic E-state index is 11.8. The van der Waals surface area contributed by atoms with Crippen LogP contribution in [0.25, 0.3) is 0 Å². The number of rotatable bonds is 7. The van der Waals surface area contributed by atoms with Crippen molar-refractivity contribution < 1.29 is 14.9 Å². The number of pyridine rings is 1. The zero-order valence-electron chi connectivity index (χ0n) is 13.0. The minimum Gasteiger partial charge on any atom is -0.710 e. The molecule has 2 aromatic rings. The Bertz CT molecular complexity index is 653. The van der Waals surface area contributed by atoms with E-state index >= 15 is 0 Å². The van der Waals surface area contributed by atoms with Crippen LogP contribution in [0.5, 0.6) is 0 Å². The molecule has 24 heavy (non-hydrogen) atoms. The highest BCUT2D eigenvalue weighted by molar-refractivity contribution is 5.52. The second kappa shape index (κ2) is 9.59. The molecule has 0 atom stereocenters. The summed E-state index contributed by atoms with van der Waals surface area (Å²) in [5.74, 6) is 0.233. The van der Waals surface area contributed by atoms with Crippen molar-refractivity contribution >= 4 is 17.2 Å². The zero-order chi connectivity index (χ0) is 16.7. The van der Waals surface area contributed by atoms with Crippen molar-refractivity contribution in [3.8, 4) is 0 Å².